The molecule has 1 N–H and O–H groups in total. The van der Waals surface area contributed by atoms with Crippen molar-refractivity contribution in [1.82, 2.24) is 4.90 Å². The monoisotopic (exact) mass is 497 g/mol. The average molecular weight is 498 g/mol. The van der Waals surface area contributed by atoms with Gasteiger partial charge >= 0.3 is 18.2 Å². The molecule has 1 aliphatic heterocycles. The molecule has 2 amide bonds. The van der Waals surface area contributed by atoms with Crippen molar-refractivity contribution < 1.29 is 42.8 Å². The molecular formula is C25H36FNO8. The molecule has 1 saturated heterocycles. The van der Waals surface area contributed by atoms with E-state index in [0.29, 0.717) is 4.90 Å². The van der Waals surface area contributed by atoms with Crippen molar-refractivity contribution in [3.63, 3.8) is 0 Å². The van der Waals surface area contributed by atoms with E-state index in [2.05, 4.69) is 0 Å². The van der Waals surface area contributed by atoms with Gasteiger partial charge in [-0.3, -0.25) is 0 Å². The molecule has 0 aromatic heterocycles. The summed E-state index contributed by atoms with van der Waals surface area (Å²) < 4.78 is 35.5. The Kier molecular flexibility index (Phi) is 9.11. The fourth-order valence-electron chi connectivity index (χ4n) is 3.46. The summed E-state index contributed by atoms with van der Waals surface area (Å²) in [5, 5.41) is 10.8. The van der Waals surface area contributed by atoms with Crippen LogP contribution in [0.25, 0.3) is 0 Å². The second-order valence-corrected chi connectivity index (χ2v) is 10.5. The molecule has 1 heterocycles. The van der Waals surface area contributed by atoms with E-state index in [0.717, 1.165) is 0 Å². The standard InChI is InChI=1S/C25H36FNO8/c1-15-20(28)19(33-17-11-8-10-16(26)14-17)13-9-12-18(21(29)32-15)27(22(30)34-24(2,3)4)23(31)35-25(5,6)7/h8,10-11,14-15,18-20,28H,9,12-13H2,1-7H3. The molecule has 0 bridgehead atoms. The van der Waals surface area contributed by atoms with Crippen LogP contribution in [-0.4, -0.2) is 63.7 Å². The van der Waals surface area contributed by atoms with E-state index in [4.69, 9.17) is 18.9 Å². The summed E-state index contributed by atoms with van der Waals surface area (Å²) in [5.74, 6) is -1.17. The van der Waals surface area contributed by atoms with Crippen LogP contribution in [0.2, 0.25) is 0 Å². The maximum Gasteiger partial charge on any atom is 0.420 e. The number of amides is 2. The minimum absolute atomic E-state index is 0.0137. The Morgan fingerprint density at radius 1 is 1.06 bits per heavy atom. The lowest BCUT2D eigenvalue weighted by Gasteiger charge is -2.32. The van der Waals surface area contributed by atoms with Crippen molar-refractivity contribution in [2.45, 2.75) is 103 Å². The lowest BCUT2D eigenvalue weighted by Crippen LogP contribution is -2.53. The van der Waals surface area contributed by atoms with E-state index in [1.165, 1.54) is 25.1 Å². The minimum Gasteiger partial charge on any atom is -0.487 e. The highest BCUT2D eigenvalue weighted by atomic mass is 19.1. The van der Waals surface area contributed by atoms with Gasteiger partial charge in [-0.05, 0) is 79.9 Å². The summed E-state index contributed by atoms with van der Waals surface area (Å²) in [7, 11) is 0. The summed E-state index contributed by atoms with van der Waals surface area (Å²) in [4.78, 5) is 39.7. The Labute approximate surface area is 205 Å². The third-order valence-corrected chi connectivity index (χ3v) is 4.98. The van der Waals surface area contributed by atoms with Crippen molar-refractivity contribution in [1.29, 1.82) is 0 Å². The quantitative estimate of drug-likeness (QED) is 0.477. The Hall–Kier alpha value is -2.88. The van der Waals surface area contributed by atoms with Gasteiger partial charge in [-0.1, -0.05) is 6.07 Å². The number of esters is 1. The molecule has 4 unspecified atom stereocenters. The van der Waals surface area contributed by atoms with E-state index >= 15 is 0 Å². The number of hydrogen-bond acceptors (Lipinski definition) is 8. The Morgan fingerprint density at radius 2 is 1.63 bits per heavy atom. The number of ether oxygens (including phenoxy) is 4. The van der Waals surface area contributed by atoms with Gasteiger partial charge in [-0.2, -0.15) is 4.90 Å². The average Bonchev–Trinajstić information content (AvgIpc) is 2.72. The van der Waals surface area contributed by atoms with Crippen LogP contribution < -0.4 is 4.74 Å². The van der Waals surface area contributed by atoms with Crippen molar-refractivity contribution in [2.24, 2.45) is 0 Å². The summed E-state index contributed by atoms with van der Waals surface area (Å²) in [6, 6.07) is 4.14. The van der Waals surface area contributed by atoms with Gasteiger partial charge in [0, 0.05) is 6.07 Å². The third-order valence-electron chi connectivity index (χ3n) is 4.98. The molecular weight excluding hydrogens is 461 g/mol. The summed E-state index contributed by atoms with van der Waals surface area (Å²) in [5.41, 5.74) is -1.87. The van der Waals surface area contributed by atoms with E-state index < -0.39 is 59.5 Å². The van der Waals surface area contributed by atoms with Gasteiger partial charge in [0.1, 0.15) is 47.1 Å². The number of carbonyl (C=O) groups excluding carboxylic acids is 3. The van der Waals surface area contributed by atoms with Crippen LogP contribution in [0.3, 0.4) is 0 Å². The number of benzene rings is 1. The van der Waals surface area contributed by atoms with Crippen LogP contribution in [0.5, 0.6) is 5.75 Å². The number of rotatable bonds is 3. The first-order valence-corrected chi connectivity index (χ1v) is 11.6. The summed E-state index contributed by atoms with van der Waals surface area (Å²) >= 11 is 0. The molecule has 10 heteroatoms. The molecule has 0 radical (unpaired) electrons. The zero-order chi connectivity index (χ0) is 26.6. The van der Waals surface area contributed by atoms with Gasteiger partial charge in [0.25, 0.3) is 0 Å². The number of imide groups is 1. The van der Waals surface area contributed by atoms with Crippen molar-refractivity contribution in [2.75, 3.05) is 0 Å². The van der Waals surface area contributed by atoms with Gasteiger partial charge in [0.2, 0.25) is 0 Å². The van der Waals surface area contributed by atoms with Crippen molar-refractivity contribution in [3.05, 3.63) is 30.1 Å². The highest BCUT2D eigenvalue weighted by Gasteiger charge is 2.43. The number of aliphatic hydroxyl groups is 1. The molecule has 1 aromatic carbocycles. The predicted octanol–water partition coefficient (Wildman–Crippen LogP) is 4.59. The lowest BCUT2D eigenvalue weighted by molar-refractivity contribution is -0.162. The van der Waals surface area contributed by atoms with Gasteiger partial charge in [-0.25, -0.2) is 18.8 Å². The molecule has 1 fully saturated rings. The molecule has 9 nitrogen and oxygen atoms in total. The number of nitrogens with zero attached hydrogens (tertiary/aromatic N) is 1. The Morgan fingerprint density at radius 3 is 2.14 bits per heavy atom. The Bertz CT molecular complexity index is 879. The van der Waals surface area contributed by atoms with Gasteiger partial charge in [-0.15, -0.1) is 0 Å². The highest BCUT2D eigenvalue weighted by Crippen LogP contribution is 2.26. The van der Waals surface area contributed by atoms with Crippen molar-refractivity contribution in [3.8, 4) is 5.75 Å². The fourth-order valence-corrected chi connectivity index (χ4v) is 3.46. The Balaban J connectivity index is 2.32. The molecule has 1 aliphatic rings. The summed E-state index contributed by atoms with van der Waals surface area (Å²) in [6.07, 6.45) is -4.67. The number of hydrogen-bond donors (Lipinski definition) is 1. The minimum atomic E-state index is -1.35. The van der Waals surface area contributed by atoms with Crippen LogP contribution in [-0.2, 0) is 19.0 Å². The van der Waals surface area contributed by atoms with Gasteiger partial charge in [0.05, 0.1) is 0 Å². The van der Waals surface area contributed by atoms with Gasteiger partial charge in [0.15, 0.2) is 0 Å². The fraction of sp³-hybridized carbons (Fsp3) is 0.640. The lowest BCUT2D eigenvalue weighted by atomic mass is 10.0. The molecule has 196 valence electrons. The molecule has 0 spiro atoms. The second kappa shape index (κ2) is 11.2. The first kappa shape index (κ1) is 28.4. The smallest absolute Gasteiger partial charge is 0.420 e. The second-order valence-electron chi connectivity index (χ2n) is 10.5. The van der Waals surface area contributed by atoms with E-state index in [-0.39, 0.29) is 25.0 Å². The van der Waals surface area contributed by atoms with Crippen LogP contribution in [0, 0.1) is 5.82 Å². The van der Waals surface area contributed by atoms with Crippen LogP contribution >= 0.6 is 0 Å². The normalized spacial score (nSPS) is 23.7. The first-order valence-electron chi connectivity index (χ1n) is 11.6. The molecule has 1 aromatic rings. The maximum atomic E-state index is 13.6. The molecule has 0 aliphatic carbocycles. The molecule has 4 atom stereocenters. The third kappa shape index (κ3) is 8.69. The number of halogens is 1. The molecule has 2 rings (SSSR count). The summed E-state index contributed by atoms with van der Waals surface area (Å²) in [6.45, 7) is 11.3. The largest absolute Gasteiger partial charge is 0.487 e. The van der Waals surface area contributed by atoms with Gasteiger partial charge < -0.3 is 24.1 Å². The topological polar surface area (TPSA) is 112 Å². The number of carbonyl (C=O) groups is 3. The maximum absolute atomic E-state index is 13.6. The van der Waals surface area contributed by atoms with Crippen LogP contribution in [0.1, 0.15) is 67.7 Å². The SMILES string of the molecule is CC1OC(=O)C(N(C(=O)OC(C)(C)C)C(=O)OC(C)(C)C)CCCC(Oc2cccc(F)c2)C1O. The van der Waals surface area contributed by atoms with Crippen LogP contribution in [0.4, 0.5) is 14.0 Å². The van der Waals surface area contributed by atoms with E-state index in [1.54, 1.807) is 47.6 Å². The molecule has 0 saturated carbocycles. The zero-order valence-electron chi connectivity index (χ0n) is 21.4. The molecule has 35 heavy (non-hydrogen) atoms. The van der Waals surface area contributed by atoms with Crippen LogP contribution in [0.15, 0.2) is 24.3 Å². The van der Waals surface area contributed by atoms with E-state index in [1.807, 2.05) is 0 Å². The first-order chi connectivity index (χ1) is 16.1. The zero-order valence-corrected chi connectivity index (χ0v) is 21.4. The number of cyclic esters (lactones) is 1. The number of aliphatic hydroxyl groups excluding tert-OH is 1. The highest BCUT2D eigenvalue weighted by molar-refractivity contribution is 5.94. The van der Waals surface area contributed by atoms with Crippen molar-refractivity contribution >= 4 is 18.2 Å². The van der Waals surface area contributed by atoms with E-state index in [9.17, 15) is 23.9 Å². The predicted molar refractivity (Wildman–Crippen MR) is 124 cm³/mol.